The number of benzene rings is 1. The number of hydrogen-bond acceptors (Lipinski definition) is 4. The van der Waals surface area contributed by atoms with Gasteiger partial charge in [0.25, 0.3) is 0 Å². The molecule has 0 aliphatic rings. The Morgan fingerprint density at radius 1 is 1.26 bits per heavy atom. The SMILES string of the molecule is COC(=O)c1occc1CNCc1ccc(F)cc1. The Morgan fingerprint density at radius 2 is 2.00 bits per heavy atom. The van der Waals surface area contributed by atoms with Crippen molar-refractivity contribution >= 4 is 5.97 Å². The first kappa shape index (κ1) is 13.3. The van der Waals surface area contributed by atoms with E-state index in [1.807, 2.05) is 0 Å². The van der Waals surface area contributed by atoms with Gasteiger partial charge in [-0.15, -0.1) is 0 Å². The van der Waals surface area contributed by atoms with E-state index in [0.29, 0.717) is 13.1 Å². The molecule has 1 aromatic carbocycles. The lowest BCUT2D eigenvalue weighted by molar-refractivity contribution is 0.0563. The van der Waals surface area contributed by atoms with E-state index in [9.17, 15) is 9.18 Å². The maximum Gasteiger partial charge on any atom is 0.374 e. The van der Waals surface area contributed by atoms with Crippen LogP contribution in [0, 0.1) is 5.82 Å². The molecule has 0 spiro atoms. The number of esters is 1. The molecule has 100 valence electrons. The summed E-state index contributed by atoms with van der Waals surface area (Å²) in [5, 5.41) is 3.15. The Hall–Kier alpha value is -2.14. The number of hydrogen-bond donors (Lipinski definition) is 1. The van der Waals surface area contributed by atoms with Crippen LogP contribution in [0.25, 0.3) is 0 Å². The number of furan rings is 1. The maximum atomic E-state index is 12.7. The van der Waals surface area contributed by atoms with Crippen molar-refractivity contribution in [3.05, 3.63) is 59.3 Å². The highest BCUT2D eigenvalue weighted by Gasteiger charge is 2.14. The van der Waals surface area contributed by atoms with Crippen LogP contribution >= 0.6 is 0 Å². The summed E-state index contributed by atoms with van der Waals surface area (Å²) in [5.41, 5.74) is 1.69. The number of nitrogens with one attached hydrogen (secondary N) is 1. The van der Waals surface area contributed by atoms with Gasteiger partial charge in [0.2, 0.25) is 5.76 Å². The molecule has 0 aliphatic heterocycles. The summed E-state index contributed by atoms with van der Waals surface area (Å²) in [6, 6.07) is 7.95. The zero-order valence-corrected chi connectivity index (χ0v) is 10.5. The van der Waals surface area contributed by atoms with Crippen molar-refractivity contribution in [3.8, 4) is 0 Å². The fourth-order valence-electron chi connectivity index (χ4n) is 1.69. The highest BCUT2D eigenvalue weighted by Crippen LogP contribution is 2.12. The molecule has 0 atom stereocenters. The minimum atomic E-state index is -0.497. The number of rotatable bonds is 5. The van der Waals surface area contributed by atoms with Gasteiger partial charge in [-0.3, -0.25) is 0 Å². The van der Waals surface area contributed by atoms with E-state index in [1.54, 1.807) is 18.2 Å². The predicted octanol–water partition coefficient (Wildman–Crippen LogP) is 2.50. The first-order valence-electron chi connectivity index (χ1n) is 5.80. The van der Waals surface area contributed by atoms with Gasteiger partial charge in [0.15, 0.2) is 0 Å². The van der Waals surface area contributed by atoms with E-state index in [4.69, 9.17) is 4.42 Å². The van der Waals surface area contributed by atoms with Crippen molar-refractivity contribution < 1.29 is 18.3 Å². The molecule has 0 unspecified atom stereocenters. The summed E-state index contributed by atoms with van der Waals surface area (Å²) in [6.45, 7) is 1.05. The summed E-state index contributed by atoms with van der Waals surface area (Å²) in [5.74, 6) is -0.552. The normalized spacial score (nSPS) is 10.4. The van der Waals surface area contributed by atoms with Crippen molar-refractivity contribution in [1.29, 1.82) is 0 Å². The van der Waals surface area contributed by atoms with Crippen molar-refractivity contribution in [2.75, 3.05) is 7.11 Å². The van der Waals surface area contributed by atoms with Gasteiger partial charge in [-0.1, -0.05) is 12.1 Å². The highest BCUT2D eigenvalue weighted by molar-refractivity contribution is 5.87. The molecule has 0 radical (unpaired) electrons. The molecular weight excluding hydrogens is 249 g/mol. The van der Waals surface area contributed by atoms with E-state index >= 15 is 0 Å². The quantitative estimate of drug-likeness (QED) is 0.842. The smallest absolute Gasteiger partial charge is 0.374 e. The first-order chi connectivity index (χ1) is 9.20. The molecule has 19 heavy (non-hydrogen) atoms. The molecule has 2 aromatic rings. The number of carbonyl (C=O) groups excluding carboxylic acids is 1. The summed E-state index contributed by atoms with van der Waals surface area (Å²) in [7, 11) is 1.31. The molecule has 4 nitrogen and oxygen atoms in total. The number of halogens is 1. The topological polar surface area (TPSA) is 51.5 Å². The molecule has 5 heteroatoms. The minimum absolute atomic E-state index is 0.203. The van der Waals surface area contributed by atoms with Crippen LogP contribution in [0.4, 0.5) is 4.39 Å². The second-order valence-electron chi connectivity index (χ2n) is 4.00. The van der Waals surface area contributed by atoms with Gasteiger partial charge in [0.1, 0.15) is 5.82 Å². The highest BCUT2D eigenvalue weighted by atomic mass is 19.1. The Balaban J connectivity index is 1.91. The number of ether oxygens (including phenoxy) is 1. The van der Waals surface area contributed by atoms with Crippen LogP contribution in [0.1, 0.15) is 21.7 Å². The summed E-state index contributed by atoms with van der Waals surface area (Å²) in [4.78, 5) is 11.4. The van der Waals surface area contributed by atoms with Gasteiger partial charge in [-0.05, 0) is 23.8 Å². The maximum absolute atomic E-state index is 12.7. The summed E-state index contributed by atoms with van der Waals surface area (Å²) in [6.07, 6.45) is 1.45. The van der Waals surface area contributed by atoms with E-state index < -0.39 is 5.97 Å². The van der Waals surface area contributed by atoms with E-state index in [0.717, 1.165) is 11.1 Å². The van der Waals surface area contributed by atoms with Gasteiger partial charge in [0, 0.05) is 18.7 Å². The molecule has 0 saturated heterocycles. The number of methoxy groups -OCH3 is 1. The molecule has 0 amide bonds. The van der Waals surface area contributed by atoms with E-state index in [1.165, 1.54) is 25.5 Å². The van der Waals surface area contributed by atoms with Crippen molar-refractivity contribution in [2.24, 2.45) is 0 Å². The number of carbonyl (C=O) groups is 1. The van der Waals surface area contributed by atoms with Crippen LogP contribution < -0.4 is 5.32 Å². The van der Waals surface area contributed by atoms with Gasteiger partial charge < -0.3 is 14.5 Å². The standard InChI is InChI=1S/C14H14FNO3/c1-18-14(17)13-11(6-7-19-13)9-16-8-10-2-4-12(15)5-3-10/h2-7,16H,8-9H2,1H3. The first-order valence-corrected chi connectivity index (χ1v) is 5.80. The predicted molar refractivity (Wildman–Crippen MR) is 67.0 cm³/mol. The van der Waals surface area contributed by atoms with E-state index in [-0.39, 0.29) is 11.6 Å². The minimum Gasteiger partial charge on any atom is -0.463 e. The lowest BCUT2D eigenvalue weighted by Gasteiger charge is -2.05. The Bertz CT molecular complexity index is 548. The van der Waals surface area contributed by atoms with Gasteiger partial charge >= 0.3 is 5.97 Å². The lowest BCUT2D eigenvalue weighted by atomic mass is 10.2. The largest absolute Gasteiger partial charge is 0.463 e. The summed E-state index contributed by atoms with van der Waals surface area (Å²) >= 11 is 0. The molecule has 0 saturated carbocycles. The van der Waals surface area contributed by atoms with Crippen LogP contribution in [-0.2, 0) is 17.8 Å². The van der Waals surface area contributed by atoms with E-state index in [2.05, 4.69) is 10.1 Å². The van der Waals surface area contributed by atoms with Crippen LogP contribution in [0.15, 0.2) is 41.0 Å². The second kappa shape index (κ2) is 6.15. The monoisotopic (exact) mass is 263 g/mol. The molecule has 1 aromatic heterocycles. The van der Waals surface area contributed by atoms with Gasteiger partial charge in [-0.25, -0.2) is 9.18 Å². The molecule has 1 heterocycles. The third-order valence-electron chi connectivity index (χ3n) is 2.68. The fraction of sp³-hybridized carbons (Fsp3) is 0.214. The Labute approximate surface area is 110 Å². The molecule has 0 aliphatic carbocycles. The Kier molecular flexibility index (Phi) is 4.30. The molecule has 1 N–H and O–H groups in total. The van der Waals surface area contributed by atoms with Crippen LogP contribution in [-0.4, -0.2) is 13.1 Å². The summed E-state index contributed by atoms with van der Waals surface area (Å²) < 4.78 is 22.4. The van der Waals surface area contributed by atoms with Crippen LogP contribution in [0.5, 0.6) is 0 Å². The van der Waals surface area contributed by atoms with Crippen molar-refractivity contribution in [1.82, 2.24) is 5.32 Å². The third kappa shape index (κ3) is 3.42. The fourth-order valence-corrected chi connectivity index (χ4v) is 1.69. The Morgan fingerprint density at radius 3 is 2.68 bits per heavy atom. The van der Waals surface area contributed by atoms with Crippen LogP contribution in [0.3, 0.4) is 0 Å². The zero-order chi connectivity index (χ0) is 13.7. The van der Waals surface area contributed by atoms with Crippen molar-refractivity contribution in [3.63, 3.8) is 0 Å². The molecular formula is C14H14FNO3. The van der Waals surface area contributed by atoms with Crippen molar-refractivity contribution in [2.45, 2.75) is 13.1 Å². The molecule has 0 fully saturated rings. The molecule has 0 bridgehead atoms. The van der Waals surface area contributed by atoms with Gasteiger partial charge in [0.05, 0.1) is 13.4 Å². The third-order valence-corrected chi connectivity index (χ3v) is 2.68. The average molecular weight is 263 g/mol. The lowest BCUT2D eigenvalue weighted by Crippen LogP contribution is -2.14. The second-order valence-corrected chi connectivity index (χ2v) is 4.00. The average Bonchev–Trinajstić information content (AvgIpc) is 2.88. The van der Waals surface area contributed by atoms with Gasteiger partial charge in [-0.2, -0.15) is 0 Å². The zero-order valence-electron chi connectivity index (χ0n) is 10.5. The van der Waals surface area contributed by atoms with Crippen LogP contribution in [0.2, 0.25) is 0 Å². The molecule has 2 rings (SSSR count).